The highest BCUT2D eigenvalue weighted by atomic mass is 15.2. The molecule has 0 amide bonds. The lowest BCUT2D eigenvalue weighted by Gasteiger charge is -2.48. The third kappa shape index (κ3) is 2.09. The Morgan fingerprint density at radius 3 is 2.50 bits per heavy atom. The number of hydrogen-bond donors (Lipinski definition) is 0. The molecular formula is C12H20N2. The van der Waals surface area contributed by atoms with E-state index in [9.17, 15) is 0 Å². The summed E-state index contributed by atoms with van der Waals surface area (Å²) < 4.78 is 0. The number of likely N-dealkylation sites (tertiary alicyclic amines) is 1. The minimum absolute atomic E-state index is 0.735. The topological polar surface area (TPSA) is 27.0 Å². The molecule has 14 heavy (non-hydrogen) atoms. The van der Waals surface area contributed by atoms with Gasteiger partial charge in [0.25, 0.3) is 0 Å². The first-order valence-electron chi connectivity index (χ1n) is 5.94. The zero-order chi connectivity index (χ0) is 9.86. The molecule has 1 aliphatic heterocycles. The maximum atomic E-state index is 8.41. The van der Waals surface area contributed by atoms with Gasteiger partial charge in [-0.05, 0) is 37.6 Å². The number of hydrogen-bond acceptors (Lipinski definition) is 2. The second kappa shape index (κ2) is 4.31. The molecule has 2 rings (SSSR count). The van der Waals surface area contributed by atoms with Crippen molar-refractivity contribution in [1.29, 1.82) is 5.26 Å². The van der Waals surface area contributed by atoms with Gasteiger partial charge in [0, 0.05) is 19.5 Å². The number of nitriles is 1. The second-order valence-electron chi connectivity index (χ2n) is 5.03. The highest BCUT2D eigenvalue weighted by molar-refractivity contribution is 4.97. The number of nitrogens with zero attached hydrogens (tertiary/aromatic N) is 2. The number of unbranched alkanes of at least 4 members (excludes halogenated alkanes) is 2. The maximum Gasteiger partial charge on any atom is 0.0621 e. The molecule has 2 nitrogen and oxygen atoms in total. The van der Waals surface area contributed by atoms with Crippen molar-refractivity contribution in [2.75, 3.05) is 19.6 Å². The highest BCUT2D eigenvalue weighted by Gasteiger charge is 2.43. The third-order valence-corrected chi connectivity index (χ3v) is 3.80. The third-order valence-electron chi connectivity index (χ3n) is 3.80. The molecule has 78 valence electrons. The molecule has 1 spiro atoms. The molecule has 2 fully saturated rings. The molecule has 2 heteroatoms. The summed E-state index contributed by atoms with van der Waals surface area (Å²) in [5.74, 6) is 0. The molecule has 0 radical (unpaired) electrons. The van der Waals surface area contributed by atoms with E-state index in [4.69, 9.17) is 5.26 Å². The van der Waals surface area contributed by atoms with E-state index in [1.807, 2.05) is 0 Å². The Morgan fingerprint density at radius 1 is 1.14 bits per heavy atom. The molecule has 1 heterocycles. The summed E-state index contributed by atoms with van der Waals surface area (Å²) >= 11 is 0. The van der Waals surface area contributed by atoms with E-state index in [0.29, 0.717) is 0 Å². The van der Waals surface area contributed by atoms with E-state index < -0.39 is 0 Å². The summed E-state index contributed by atoms with van der Waals surface area (Å²) in [5.41, 5.74) is 0.745. The normalized spacial score (nSPS) is 24.8. The smallest absolute Gasteiger partial charge is 0.0621 e. The van der Waals surface area contributed by atoms with Crippen molar-refractivity contribution in [3.63, 3.8) is 0 Å². The molecule has 0 atom stereocenters. The van der Waals surface area contributed by atoms with E-state index in [0.717, 1.165) is 18.3 Å². The summed E-state index contributed by atoms with van der Waals surface area (Å²) in [4.78, 5) is 2.57. The van der Waals surface area contributed by atoms with Crippen LogP contribution in [0.15, 0.2) is 0 Å². The van der Waals surface area contributed by atoms with Crippen molar-refractivity contribution in [3.05, 3.63) is 0 Å². The molecule has 0 N–H and O–H groups in total. The van der Waals surface area contributed by atoms with Gasteiger partial charge in [-0.15, -0.1) is 0 Å². The largest absolute Gasteiger partial charge is 0.302 e. The first kappa shape index (κ1) is 9.98. The van der Waals surface area contributed by atoms with Crippen molar-refractivity contribution in [2.24, 2.45) is 5.41 Å². The second-order valence-corrected chi connectivity index (χ2v) is 5.03. The summed E-state index contributed by atoms with van der Waals surface area (Å²) in [6.45, 7) is 3.92. The van der Waals surface area contributed by atoms with Crippen LogP contribution in [0.25, 0.3) is 0 Å². The van der Waals surface area contributed by atoms with Crippen LogP contribution in [0.5, 0.6) is 0 Å². The molecule has 2 aliphatic rings. The minimum atomic E-state index is 0.735. The molecule has 1 aliphatic carbocycles. The van der Waals surface area contributed by atoms with Gasteiger partial charge in [-0.3, -0.25) is 0 Å². The quantitative estimate of drug-likeness (QED) is 0.640. The average Bonchev–Trinajstić information content (AvgIpc) is 2.59. The van der Waals surface area contributed by atoms with Gasteiger partial charge in [0.1, 0.15) is 0 Å². The Labute approximate surface area is 86.9 Å². The predicted molar refractivity (Wildman–Crippen MR) is 56.8 cm³/mol. The van der Waals surface area contributed by atoms with Gasteiger partial charge in [0.05, 0.1) is 6.07 Å². The molecule has 1 saturated carbocycles. The summed E-state index contributed by atoms with van der Waals surface area (Å²) in [6, 6.07) is 2.21. The van der Waals surface area contributed by atoms with Crippen LogP contribution in [-0.4, -0.2) is 24.5 Å². The lowest BCUT2D eigenvalue weighted by molar-refractivity contribution is 0.00538. The lowest BCUT2D eigenvalue weighted by atomic mass is 9.78. The lowest BCUT2D eigenvalue weighted by Crippen LogP contribution is -2.54. The van der Waals surface area contributed by atoms with Crippen LogP contribution in [0.2, 0.25) is 0 Å². The zero-order valence-electron chi connectivity index (χ0n) is 8.97. The van der Waals surface area contributed by atoms with Crippen LogP contribution < -0.4 is 0 Å². The monoisotopic (exact) mass is 192 g/mol. The maximum absolute atomic E-state index is 8.41. The van der Waals surface area contributed by atoms with Crippen molar-refractivity contribution in [2.45, 2.75) is 44.9 Å². The number of rotatable bonds is 4. The Bertz CT molecular complexity index is 215. The molecular weight excluding hydrogens is 172 g/mol. The van der Waals surface area contributed by atoms with Gasteiger partial charge in [0.2, 0.25) is 0 Å². The first-order valence-corrected chi connectivity index (χ1v) is 5.94. The molecule has 0 unspecified atom stereocenters. The molecule has 0 bridgehead atoms. The van der Waals surface area contributed by atoms with Crippen molar-refractivity contribution in [3.8, 4) is 6.07 Å². The first-order chi connectivity index (χ1) is 6.85. The van der Waals surface area contributed by atoms with E-state index in [1.165, 1.54) is 51.7 Å². The SMILES string of the molecule is N#CCCCCN1CC2(CCCC2)C1. The van der Waals surface area contributed by atoms with Crippen LogP contribution in [0.1, 0.15) is 44.9 Å². The van der Waals surface area contributed by atoms with Gasteiger partial charge >= 0.3 is 0 Å². The van der Waals surface area contributed by atoms with E-state index in [-0.39, 0.29) is 0 Å². The standard InChI is InChI=1S/C12H20N2/c13-8-4-1-5-9-14-10-12(11-14)6-2-3-7-12/h1-7,9-11H2. The van der Waals surface area contributed by atoms with Crippen LogP contribution in [0.3, 0.4) is 0 Å². The van der Waals surface area contributed by atoms with Crippen LogP contribution >= 0.6 is 0 Å². The summed E-state index contributed by atoms with van der Waals surface area (Å²) in [6.07, 6.45) is 8.90. The van der Waals surface area contributed by atoms with E-state index >= 15 is 0 Å². The van der Waals surface area contributed by atoms with Gasteiger partial charge < -0.3 is 4.90 Å². The summed E-state index contributed by atoms with van der Waals surface area (Å²) in [5, 5.41) is 8.41. The van der Waals surface area contributed by atoms with Gasteiger partial charge in [-0.25, -0.2) is 0 Å². The molecule has 0 aromatic carbocycles. The zero-order valence-corrected chi connectivity index (χ0v) is 8.97. The Balaban J connectivity index is 1.57. The van der Waals surface area contributed by atoms with E-state index in [1.54, 1.807) is 0 Å². The Kier molecular flexibility index (Phi) is 3.08. The van der Waals surface area contributed by atoms with Crippen molar-refractivity contribution in [1.82, 2.24) is 4.90 Å². The Morgan fingerprint density at radius 2 is 1.86 bits per heavy atom. The van der Waals surface area contributed by atoms with Gasteiger partial charge in [-0.1, -0.05) is 12.8 Å². The van der Waals surface area contributed by atoms with Gasteiger partial charge in [0.15, 0.2) is 0 Å². The van der Waals surface area contributed by atoms with Crippen LogP contribution in [-0.2, 0) is 0 Å². The fourth-order valence-corrected chi connectivity index (χ4v) is 3.04. The summed E-state index contributed by atoms with van der Waals surface area (Å²) in [7, 11) is 0. The van der Waals surface area contributed by atoms with Gasteiger partial charge in [-0.2, -0.15) is 5.26 Å². The van der Waals surface area contributed by atoms with Crippen LogP contribution in [0, 0.1) is 16.7 Å². The highest BCUT2D eigenvalue weighted by Crippen LogP contribution is 2.45. The van der Waals surface area contributed by atoms with Crippen molar-refractivity contribution < 1.29 is 0 Å². The molecule has 0 aromatic rings. The van der Waals surface area contributed by atoms with E-state index in [2.05, 4.69) is 11.0 Å². The van der Waals surface area contributed by atoms with Crippen LogP contribution in [0.4, 0.5) is 0 Å². The average molecular weight is 192 g/mol. The Hall–Kier alpha value is -0.550. The fraction of sp³-hybridized carbons (Fsp3) is 0.917. The minimum Gasteiger partial charge on any atom is -0.302 e. The predicted octanol–water partition coefficient (Wildman–Crippen LogP) is 2.56. The molecule has 1 saturated heterocycles. The fourth-order valence-electron chi connectivity index (χ4n) is 3.04. The molecule has 0 aromatic heterocycles. The van der Waals surface area contributed by atoms with Crippen molar-refractivity contribution >= 4 is 0 Å².